The van der Waals surface area contributed by atoms with Crippen LogP contribution in [0.2, 0.25) is 5.02 Å². The zero-order chi connectivity index (χ0) is 16.3. The molecule has 0 radical (unpaired) electrons. The van der Waals surface area contributed by atoms with Crippen LogP contribution in [0.25, 0.3) is 0 Å². The number of carbonyl (C=O) groups excluding carboxylic acids is 1. The number of rotatable bonds is 6. The lowest BCUT2D eigenvalue weighted by molar-refractivity contribution is -0.122. The Bertz CT molecular complexity index is 536. The molecule has 1 aromatic rings. The Morgan fingerprint density at radius 1 is 1.30 bits per heavy atom. The molecule has 0 unspecified atom stereocenters. The van der Waals surface area contributed by atoms with Gasteiger partial charge in [0, 0.05) is 30.6 Å². The van der Waals surface area contributed by atoms with Crippen LogP contribution in [0.1, 0.15) is 38.2 Å². The van der Waals surface area contributed by atoms with Gasteiger partial charge >= 0.3 is 0 Å². The molecule has 1 amide bonds. The number of hydrogen-bond acceptors (Lipinski definition) is 3. The molecule has 4 nitrogen and oxygen atoms in total. The second-order valence-electron chi connectivity index (χ2n) is 6.67. The summed E-state index contributed by atoms with van der Waals surface area (Å²) < 4.78 is 5.38. The van der Waals surface area contributed by atoms with E-state index in [0.717, 1.165) is 56.2 Å². The van der Waals surface area contributed by atoms with Crippen molar-refractivity contribution in [2.45, 2.75) is 44.2 Å². The Hall–Kier alpha value is -1.10. The second-order valence-corrected chi connectivity index (χ2v) is 7.11. The van der Waals surface area contributed by atoms with Crippen molar-refractivity contribution in [2.75, 3.05) is 26.3 Å². The van der Waals surface area contributed by atoms with E-state index in [0.29, 0.717) is 12.5 Å². The number of ether oxygens (including phenoxy) is 1. The topological polar surface area (TPSA) is 41.6 Å². The van der Waals surface area contributed by atoms with Crippen LogP contribution in [-0.2, 0) is 15.1 Å². The van der Waals surface area contributed by atoms with Gasteiger partial charge in [-0.15, -0.1) is 0 Å². The first-order valence-electron chi connectivity index (χ1n) is 8.48. The van der Waals surface area contributed by atoms with Crippen molar-refractivity contribution in [3.63, 3.8) is 0 Å². The number of hydrogen-bond donors (Lipinski definition) is 1. The van der Waals surface area contributed by atoms with Crippen LogP contribution in [-0.4, -0.2) is 43.2 Å². The SMILES string of the molecule is C[C@H](CCC(=O)NC1(c2ccc(Cl)cc2)CC1)N1CCOCC1. The molecule has 3 rings (SSSR count). The first kappa shape index (κ1) is 16.7. The third-order valence-electron chi connectivity index (χ3n) is 4.98. The number of halogens is 1. The highest BCUT2D eigenvalue weighted by Crippen LogP contribution is 2.45. The Morgan fingerprint density at radius 3 is 2.57 bits per heavy atom. The van der Waals surface area contributed by atoms with Crippen LogP contribution in [0.3, 0.4) is 0 Å². The minimum absolute atomic E-state index is 0.149. The second kappa shape index (κ2) is 7.20. The van der Waals surface area contributed by atoms with Crippen LogP contribution in [0.4, 0.5) is 0 Å². The fourth-order valence-electron chi connectivity index (χ4n) is 3.25. The van der Waals surface area contributed by atoms with Gasteiger partial charge in [0.05, 0.1) is 18.8 Å². The van der Waals surface area contributed by atoms with Crippen LogP contribution in [0, 0.1) is 0 Å². The first-order valence-corrected chi connectivity index (χ1v) is 8.86. The first-order chi connectivity index (χ1) is 11.1. The molecule has 0 spiro atoms. The molecule has 1 N–H and O–H groups in total. The van der Waals surface area contributed by atoms with Crippen LogP contribution in [0.15, 0.2) is 24.3 Å². The van der Waals surface area contributed by atoms with E-state index in [9.17, 15) is 4.79 Å². The average Bonchev–Trinajstić information content (AvgIpc) is 3.34. The molecule has 1 saturated carbocycles. The number of nitrogens with one attached hydrogen (secondary N) is 1. The third-order valence-corrected chi connectivity index (χ3v) is 5.24. The lowest BCUT2D eigenvalue weighted by Crippen LogP contribution is -2.43. The number of morpholine rings is 1. The molecular weight excluding hydrogens is 312 g/mol. The molecule has 5 heteroatoms. The third kappa shape index (κ3) is 4.25. The molecule has 1 atom stereocenters. The van der Waals surface area contributed by atoms with Crippen molar-refractivity contribution in [1.82, 2.24) is 10.2 Å². The van der Waals surface area contributed by atoms with Gasteiger partial charge in [0.2, 0.25) is 5.91 Å². The van der Waals surface area contributed by atoms with Crippen molar-refractivity contribution in [3.05, 3.63) is 34.9 Å². The van der Waals surface area contributed by atoms with Gasteiger partial charge in [0.1, 0.15) is 0 Å². The highest BCUT2D eigenvalue weighted by molar-refractivity contribution is 6.30. The van der Waals surface area contributed by atoms with E-state index in [2.05, 4.69) is 17.1 Å². The standard InChI is InChI=1S/C18H25ClN2O2/c1-14(21-10-12-23-13-11-21)2-7-17(22)20-18(8-9-18)15-3-5-16(19)6-4-15/h3-6,14H,2,7-13H2,1H3,(H,20,22)/t14-/m1/s1. The summed E-state index contributed by atoms with van der Waals surface area (Å²) in [4.78, 5) is 14.8. The number of nitrogens with zero attached hydrogens (tertiary/aromatic N) is 1. The molecular formula is C18H25ClN2O2. The minimum Gasteiger partial charge on any atom is -0.379 e. The van der Waals surface area contributed by atoms with Crippen molar-refractivity contribution >= 4 is 17.5 Å². The summed E-state index contributed by atoms with van der Waals surface area (Å²) in [6.45, 7) is 5.74. The Balaban J connectivity index is 1.48. The van der Waals surface area contributed by atoms with Gasteiger partial charge in [-0.3, -0.25) is 9.69 Å². The molecule has 1 aliphatic carbocycles. The molecule has 2 fully saturated rings. The van der Waals surface area contributed by atoms with Crippen molar-refractivity contribution in [1.29, 1.82) is 0 Å². The fourth-order valence-corrected chi connectivity index (χ4v) is 3.38. The molecule has 1 heterocycles. The maximum atomic E-state index is 12.3. The van der Waals surface area contributed by atoms with E-state index in [1.165, 1.54) is 0 Å². The van der Waals surface area contributed by atoms with E-state index in [-0.39, 0.29) is 11.4 Å². The quantitative estimate of drug-likeness (QED) is 0.868. The number of carbonyl (C=O) groups is 1. The largest absolute Gasteiger partial charge is 0.379 e. The van der Waals surface area contributed by atoms with Gasteiger partial charge in [-0.25, -0.2) is 0 Å². The molecule has 0 bridgehead atoms. The van der Waals surface area contributed by atoms with E-state index < -0.39 is 0 Å². The van der Waals surface area contributed by atoms with E-state index in [4.69, 9.17) is 16.3 Å². The lowest BCUT2D eigenvalue weighted by atomic mass is 10.0. The summed E-state index contributed by atoms with van der Waals surface area (Å²) in [5, 5.41) is 3.97. The van der Waals surface area contributed by atoms with Gasteiger partial charge < -0.3 is 10.1 Å². The van der Waals surface area contributed by atoms with Crippen LogP contribution < -0.4 is 5.32 Å². The molecule has 1 aliphatic heterocycles. The Kier molecular flexibility index (Phi) is 5.24. The predicted molar refractivity (Wildman–Crippen MR) is 91.6 cm³/mol. The van der Waals surface area contributed by atoms with Gasteiger partial charge in [-0.1, -0.05) is 23.7 Å². The monoisotopic (exact) mass is 336 g/mol. The average molecular weight is 337 g/mol. The maximum absolute atomic E-state index is 12.3. The van der Waals surface area contributed by atoms with E-state index in [1.807, 2.05) is 24.3 Å². The van der Waals surface area contributed by atoms with Crippen LogP contribution >= 0.6 is 11.6 Å². The molecule has 0 aromatic heterocycles. The molecule has 126 valence electrons. The van der Waals surface area contributed by atoms with Gasteiger partial charge in [0.15, 0.2) is 0 Å². The predicted octanol–water partition coefficient (Wildman–Crippen LogP) is 2.95. The fraction of sp³-hybridized carbons (Fsp3) is 0.611. The summed E-state index contributed by atoms with van der Waals surface area (Å²) in [5.74, 6) is 0.151. The highest BCUT2D eigenvalue weighted by Gasteiger charge is 2.45. The molecule has 2 aliphatic rings. The Morgan fingerprint density at radius 2 is 1.96 bits per heavy atom. The minimum atomic E-state index is -0.149. The molecule has 1 saturated heterocycles. The van der Waals surface area contributed by atoms with E-state index in [1.54, 1.807) is 0 Å². The van der Waals surface area contributed by atoms with Crippen molar-refractivity contribution in [2.24, 2.45) is 0 Å². The smallest absolute Gasteiger partial charge is 0.220 e. The molecule has 23 heavy (non-hydrogen) atoms. The zero-order valence-corrected chi connectivity index (χ0v) is 14.4. The zero-order valence-electron chi connectivity index (χ0n) is 13.7. The highest BCUT2D eigenvalue weighted by atomic mass is 35.5. The normalized spacial score (nSPS) is 21.7. The summed E-state index contributed by atoms with van der Waals surface area (Å²) in [7, 11) is 0. The van der Waals surface area contributed by atoms with Crippen molar-refractivity contribution < 1.29 is 9.53 Å². The summed E-state index contributed by atoms with van der Waals surface area (Å²) in [6, 6.07) is 8.25. The lowest BCUT2D eigenvalue weighted by Gasteiger charge is -2.32. The maximum Gasteiger partial charge on any atom is 0.220 e. The summed E-state index contributed by atoms with van der Waals surface area (Å²) in [6.07, 6.45) is 3.50. The summed E-state index contributed by atoms with van der Waals surface area (Å²) >= 11 is 5.95. The van der Waals surface area contributed by atoms with Gasteiger partial charge in [-0.05, 0) is 43.9 Å². The number of amides is 1. The van der Waals surface area contributed by atoms with Crippen molar-refractivity contribution in [3.8, 4) is 0 Å². The van der Waals surface area contributed by atoms with Gasteiger partial charge in [-0.2, -0.15) is 0 Å². The summed E-state index contributed by atoms with van der Waals surface area (Å²) in [5.41, 5.74) is 1.01. The molecule has 1 aromatic carbocycles. The Labute approximate surface area is 143 Å². The van der Waals surface area contributed by atoms with Crippen LogP contribution in [0.5, 0.6) is 0 Å². The number of benzene rings is 1. The van der Waals surface area contributed by atoms with E-state index >= 15 is 0 Å². The van der Waals surface area contributed by atoms with Gasteiger partial charge in [0.25, 0.3) is 0 Å².